The Morgan fingerprint density at radius 2 is 2.11 bits per heavy atom. The predicted molar refractivity (Wildman–Crippen MR) is 67.7 cm³/mol. The lowest BCUT2D eigenvalue weighted by atomic mass is 9.75. The molecule has 1 saturated carbocycles. The van der Waals surface area contributed by atoms with Gasteiger partial charge < -0.3 is 4.74 Å². The normalized spacial score (nSPS) is 28.1. The molecule has 0 aliphatic heterocycles. The van der Waals surface area contributed by atoms with Crippen LogP contribution >= 0.6 is 0 Å². The molecule has 0 aromatic carbocycles. The van der Waals surface area contributed by atoms with Gasteiger partial charge in [-0.1, -0.05) is 27.2 Å². The number of rotatable bonds is 5. The standard InChI is InChI=1S/C13H23NO4/c1-9(2)11-5-4-10(3)8-12(11)18-13(15)6-7-14(16)17/h9-12H,4-8H2,1-3H3. The molecule has 0 heterocycles. The van der Waals surface area contributed by atoms with Crippen molar-refractivity contribution in [3.05, 3.63) is 10.1 Å². The van der Waals surface area contributed by atoms with Crippen LogP contribution in [0.5, 0.6) is 0 Å². The maximum absolute atomic E-state index is 11.6. The maximum atomic E-state index is 11.6. The molecule has 1 aliphatic rings. The minimum Gasteiger partial charge on any atom is -0.462 e. The molecule has 0 radical (unpaired) electrons. The molecule has 0 amide bonds. The Kier molecular flexibility index (Phi) is 5.56. The Hall–Kier alpha value is -1.13. The number of hydrogen-bond acceptors (Lipinski definition) is 4. The van der Waals surface area contributed by atoms with E-state index < -0.39 is 10.9 Å². The van der Waals surface area contributed by atoms with Crippen LogP contribution < -0.4 is 0 Å². The number of ether oxygens (including phenoxy) is 1. The zero-order valence-electron chi connectivity index (χ0n) is 11.4. The van der Waals surface area contributed by atoms with Gasteiger partial charge >= 0.3 is 5.97 Å². The first-order valence-corrected chi connectivity index (χ1v) is 6.71. The van der Waals surface area contributed by atoms with Crippen molar-refractivity contribution in [1.82, 2.24) is 0 Å². The van der Waals surface area contributed by atoms with E-state index >= 15 is 0 Å². The Bertz CT molecular complexity index is 303. The van der Waals surface area contributed by atoms with Crippen LogP contribution in [0.4, 0.5) is 0 Å². The Morgan fingerprint density at radius 3 is 2.67 bits per heavy atom. The first kappa shape index (κ1) is 14.9. The Balaban J connectivity index is 2.49. The van der Waals surface area contributed by atoms with E-state index in [1.54, 1.807) is 0 Å². The lowest BCUT2D eigenvalue weighted by Crippen LogP contribution is -2.36. The van der Waals surface area contributed by atoms with Crippen molar-refractivity contribution in [3.8, 4) is 0 Å². The molecule has 5 heteroatoms. The van der Waals surface area contributed by atoms with Crippen LogP contribution in [0.25, 0.3) is 0 Å². The van der Waals surface area contributed by atoms with Crippen LogP contribution in [0.15, 0.2) is 0 Å². The largest absolute Gasteiger partial charge is 0.462 e. The highest BCUT2D eigenvalue weighted by atomic mass is 16.6. The third-order valence-electron chi connectivity index (χ3n) is 3.74. The fourth-order valence-electron chi connectivity index (χ4n) is 2.66. The van der Waals surface area contributed by atoms with E-state index in [0.717, 1.165) is 12.8 Å². The summed E-state index contributed by atoms with van der Waals surface area (Å²) in [6.45, 7) is 6.10. The van der Waals surface area contributed by atoms with Gasteiger partial charge in [0.15, 0.2) is 0 Å². The average molecular weight is 257 g/mol. The molecular formula is C13H23NO4. The molecule has 5 nitrogen and oxygen atoms in total. The summed E-state index contributed by atoms with van der Waals surface area (Å²) < 4.78 is 5.44. The SMILES string of the molecule is CC1CCC(C(C)C)C(OC(=O)CC[N+](=O)[O-])C1. The molecule has 3 unspecified atom stereocenters. The third-order valence-corrected chi connectivity index (χ3v) is 3.74. The zero-order chi connectivity index (χ0) is 13.7. The summed E-state index contributed by atoms with van der Waals surface area (Å²) in [6.07, 6.45) is 2.95. The van der Waals surface area contributed by atoms with Crippen molar-refractivity contribution in [2.45, 2.75) is 52.6 Å². The van der Waals surface area contributed by atoms with Gasteiger partial charge in [-0.3, -0.25) is 14.9 Å². The first-order chi connectivity index (χ1) is 8.40. The van der Waals surface area contributed by atoms with Crippen LogP contribution in [-0.2, 0) is 9.53 Å². The number of nitrogens with zero attached hydrogens (tertiary/aromatic N) is 1. The van der Waals surface area contributed by atoms with E-state index in [9.17, 15) is 14.9 Å². The smallest absolute Gasteiger partial charge is 0.312 e. The highest BCUT2D eigenvalue weighted by molar-refractivity contribution is 5.69. The van der Waals surface area contributed by atoms with E-state index in [0.29, 0.717) is 17.8 Å². The number of hydrogen-bond donors (Lipinski definition) is 0. The van der Waals surface area contributed by atoms with Crippen molar-refractivity contribution in [1.29, 1.82) is 0 Å². The van der Waals surface area contributed by atoms with E-state index in [4.69, 9.17) is 4.74 Å². The quantitative estimate of drug-likeness (QED) is 0.431. The van der Waals surface area contributed by atoms with Crippen LogP contribution in [-0.4, -0.2) is 23.5 Å². The van der Waals surface area contributed by atoms with Gasteiger partial charge in [0.05, 0.1) is 0 Å². The molecule has 0 saturated heterocycles. The molecule has 0 aromatic heterocycles. The molecule has 1 fully saturated rings. The van der Waals surface area contributed by atoms with Gasteiger partial charge in [-0.05, 0) is 30.6 Å². The second-order valence-corrected chi connectivity index (χ2v) is 5.66. The second kappa shape index (κ2) is 6.71. The number of carbonyl (C=O) groups is 1. The maximum Gasteiger partial charge on any atom is 0.312 e. The molecule has 18 heavy (non-hydrogen) atoms. The lowest BCUT2D eigenvalue weighted by molar-refractivity contribution is -0.479. The van der Waals surface area contributed by atoms with Crippen LogP contribution in [0.3, 0.4) is 0 Å². The molecule has 1 aliphatic carbocycles. The lowest BCUT2D eigenvalue weighted by Gasteiger charge is -2.36. The van der Waals surface area contributed by atoms with Gasteiger partial charge in [0.2, 0.25) is 6.54 Å². The highest BCUT2D eigenvalue weighted by Crippen LogP contribution is 2.35. The van der Waals surface area contributed by atoms with Gasteiger partial charge in [0.1, 0.15) is 12.5 Å². The average Bonchev–Trinajstić information content (AvgIpc) is 2.26. The molecule has 0 spiro atoms. The predicted octanol–water partition coefficient (Wildman–Crippen LogP) is 2.66. The molecule has 1 rings (SSSR count). The van der Waals surface area contributed by atoms with Crippen molar-refractivity contribution in [2.75, 3.05) is 6.54 Å². The molecular weight excluding hydrogens is 234 g/mol. The van der Waals surface area contributed by atoms with Crippen molar-refractivity contribution < 1.29 is 14.5 Å². The fraction of sp³-hybridized carbons (Fsp3) is 0.923. The Morgan fingerprint density at radius 1 is 1.44 bits per heavy atom. The fourth-order valence-corrected chi connectivity index (χ4v) is 2.66. The van der Waals surface area contributed by atoms with Crippen LogP contribution in [0.1, 0.15) is 46.5 Å². The van der Waals surface area contributed by atoms with Gasteiger partial charge in [0.25, 0.3) is 0 Å². The van der Waals surface area contributed by atoms with Gasteiger partial charge in [-0.2, -0.15) is 0 Å². The summed E-state index contributed by atoms with van der Waals surface area (Å²) in [7, 11) is 0. The third kappa shape index (κ3) is 4.63. The molecule has 104 valence electrons. The first-order valence-electron chi connectivity index (χ1n) is 6.71. The minimum absolute atomic E-state index is 0.0620. The van der Waals surface area contributed by atoms with Crippen LogP contribution in [0.2, 0.25) is 0 Å². The molecule has 3 atom stereocenters. The zero-order valence-corrected chi connectivity index (χ0v) is 11.4. The van der Waals surface area contributed by atoms with Gasteiger partial charge in [-0.25, -0.2) is 0 Å². The van der Waals surface area contributed by atoms with Crippen molar-refractivity contribution in [3.63, 3.8) is 0 Å². The summed E-state index contributed by atoms with van der Waals surface area (Å²) in [5.41, 5.74) is 0. The van der Waals surface area contributed by atoms with Crippen LogP contribution in [0, 0.1) is 27.9 Å². The molecule has 0 N–H and O–H groups in total. The molecule has 0 aromatic rings. The van der Waals surface area contributed by atoms with E-state index in [2.05, 4.69) is 20.8 Å². The molecule has 0 bridgehead atoms. The van der Waals surface area contributed by atoms with E-state index in [1.807, 2.05) is 0 Å². The summed E-state index contributed by atoms with van der Waals surface area (Å²) in [5.74, 6) is 0.997. The Labute approximate surface area is 108 Å². The van der Waals surface area contributed by atoms with E-state index in [-0.39, 0.29) is 19.1 Å². The van der Waals surface area contributed by atoms with Crippen molar-refractivity contribution in [2.24, 2.45) is 17.8 Å². The summed E-state index contributed by atoms with van der Waals surface area (Å²) in [4.78, 5) is 21.3. The van der Waals surface area contributed by atoms with E-state index in [1.165, 1.54) is 6.42 Å². The van der Waals surface area contributed by atoms with Gasteiger partial charge in [0, 0.05) is 4.92 Å². The number of carbonyl (C=O) groups excluding carboxylic acids is 1. The summed E-state index contributed by atoms with van der Waals surface area (Å²) >= 11 is 0. The van der Waals surface area contributed by atoms with Crippen molar-refractivity contribution >= 4 is 5.97 Å². The topological polar surface area (TPSA) is 69.4 Å². The summed E-state index contributed by atoms with van der Waals surface area (Å²) in [5, 5.41) is 10.2. The second-order valence-electron chi connectivity index (χ2n) is 5.66. The monoisotopic (exact) mass is 257 g/mol. The number of nitro groups is 1. The highest BCUT2D eigenvalue weighted by Gasteiger charge is 2.33. The minimum atomic E-state index is -0.481. The van der Waals surface area contributed by atoms with Gasteiger partial charge in [-0.15, -0.1) is 0 Å². The number of esters is 1. The summed E-state index contributed by atoms with van der Waals surface area (Å²) in [6, 6.07) is 0.